The predicted molar refractivity (Wildman–Crippen MR) is 66.7 cm³/mol. The zero-order valence-corrected chi connectivity index (χ0v) is 10.1. The number of thiazole rings is 1. The molecule has 5 heteroatoms. The number of benzene rings is 1. The fourth-order valence-corrected chi connectivity index (χ4v) is 2.00. The molecular weight excluding hydrogens is 239 g/mol. The van der Waals surface area contributed by atoms with E-state index in [4.69, 9.17) is 5.73 Å². The van der Waals surface area contributed by atoms with Gasteiger partial charge < -0.3 is 5.73 Å². The summed E-state index contributed by atoms with van der Waals surface area (Å²) in [6.07, 6.45) is 0. The van der Waals surface area contributed by atoms with Crippen LogP contribution in [0, 0.1) is 0 Å². The number of rotatable bonds is 1. The summed E-state index contributed by atoms with van der Waals surface area (Å²) >= 11 is 1.67. The molecule has 2 N–H and O–H groups in total. The van der Waals surface area contributed by atoms with E-state index in [1.165, 1.54) is 4.70 Å². The van der Waals surface area contributed by atoms with E-state index in [-0.39, 0.29) is 30.9 Å². The highest BCUT2D eigenvalue weighted by Gasteiger charge is 2.05. The maximum Gasteiger partial charge on any atom is 0.110 e. The molecule has 0 fully saturated rings. The topological polar surface area (TPSA) is 38.9 Å². The molecule has 1 atom stereocenters. The SMILES string of the molecule is CC(N)c1nc2ccccc2s1.Cl.Cl. The first kappa shape index (κ1) is 13.7. The molecule has 0 saturated heterocycles. The zero-order valence-electron chi connectivity index (χ0n) is 7.64. The van der Waals surface area contributed by atoms with Gasteiger partial charge in [0.05, 0.1) is 16.3 Å². The number of hydrogen-bond donors (Lipinski definition) is 1. The van der Waals surface area contributed by atoms with Crippen molar-refractivity contribution < 1.29 is 0 Å². The lowest BCUT2D eigenvalue weighted by Gasteiger charge is -1.95. The van der Waals surface area contributed by atoms with Crippen molar-refractivity contribution in [1.29, 1.82) is 0 Å². The highest BCUT2D eigenvalue weighted by Crippen LogP contribution is 2.24. The lowest BCUT2D eigenvalue weighted by Crippen LogP contribution is -2.03. The van der Waals surface area contributed by atoms with Gasteiger partial charge in [-0.15, -0.1) is 36.2 Å². The maximum atomic E-state index is 5.73. The second-order valence-electron chi connectivity index (χ2n) is 2.81. The lowest BCUT2D eigenvalue weighted by atomic mass is 10.3. The number of fused-ring (bicyclic) bond motifs is 1. The summed E-state index contributed by atoms with van der Waals surface area (Å²) in [7, 11) is 0. The van der Waals surface area contributed by atoms with E-state index in [1.54, 1.807) is 11.3 Å². The molecule has 0 radical (unpaired) electrons. The molecular formula is C9H12Cl2N2S. The van der Waals surface area contributed by atoms with Gasteiger partial charge in [0, 0.05) is 0 Å². The van der Waals surface area contributed by atoms with Crippen molar-refractivity contribution in [2.24, 2.45) is 5.73 Å². The minimum atomic E-state index is 0. The molecule has 0 saturated carbocycles. The molecule has 2 aromatic rings. The molecule has 2 nitrogen and oxygen atoms in total. The molecule has 0 aliphatic heterocycles. The summed E-state index contributed by atoms with van der Waals surface area (Å²) < 4.78 is 1.21. The van der Waals surface area contributed by atoms with Crippen molar-refractivity contribution in [3.05, 3.63) is 29.3 Å². The first-order valence-electron chi connectivity index (χ1n) is 3.88. The minimum absolute atomic E-state index is 0. The Morgan fingerprint density at radius 1 is 1.29 bits per heavy atom. The molecule has 0 aliphatic rings. The van der Waals surface area contributed by atoms with Gasteiger partial charge in [-0.2, -0.15) is 0 Å². The minimum Gasteiger partial charge on any atom is -0.322 e. The molecule has 2 rings (SSSR count). The summed E-state index contributed by atoms with van der Waals surface area (Å²) in [4.78, 5) is 4.41. The van der Waals surface area contributed by atoms with E-state index in [9.17, 15) is 0 Å². The van der Waals surface area contributed by atoms with Crippen LogP contribution in [0.25, 0.3) is 10.2 Å². The average Bonchev–Trinajstić information content (AvgIpc) is 2.46. The van der Waals surface area contributed by atoms with Crippen molar-refractivity contribution in [2.45, 2.75) is 13.0 Å². The monoisotopic (exact) mass is 250 g/mol. The van der Waals surface area contributed by atoms with E-state index in [0.29, 0.717) is 0 Å². The second kappa shape index (κ2) is 5.51. The van der Waals surface area contributed by atoms with Crippen LogP contribution in [0.3, 0.4) is 0 Å². The van der Waals surface area contributed by atoms with E-state index in [1.807, 2.05) is 25.1 Å². The first-order chi connectivity index (χ1) is 5.77. The fraction of sp³-hybridized carbons (Fsp3) is 0.222. The third kappa shape index (κ3) is 2.58. The first-order valence-corrected chi connectivity index (χ1v) is 4.70. The Hall–Kier alpha value is -0.350. The number of hydrogen-bond acceptors (Lipinski definition) is 3. The van der Waals surface area contributed by atoms with Gasteiger partial charge in [-0.1, -0.05) is 12.1 Å². The van der Waals surface area contributed by atoms with Gasteiger partial charge in [-0.3, -0.25) is 0 Å². The largest absolute Gasteiger partial charge is 0.322 e. The van der Waals surface area contributed by atoms with E-state index < -0.39 is 0 Å². The Morgan fingerprint density at radius 3 is 2.50 bits per heavy atom. The quantitative estimate of drug-likeness (QED) is 0.845. The molecule has 1 aromatic heterocycles. The zero-order chi connectivity index (χ0) is 8.55. The highest BCUT2D eigenvalue weighted by molar-refractivity contribution is 7.18. The normalized spacial score (nSPS) is 11.6. The Morgan fingerprint density at radius 2 is 1.93 bits per heavy atom. The van der Waals surface area contributed by atoms with Crippen LogP contribution < -0.4 is 5.73 Å². The van der Waals surface area contributed by atoms with Crippen LogP contribution in [0.15, 0.2) is 24.3 Å². The number of nitrogens with zero attached hydrogens (tertiary/aromatic N) is 1. The molecule has 78 valence electrons. The van der Waals surface area contributed by atoms with E-state index in [2.05, 4.69) is 11.1 Å². The molecule has 0 bridgehead atoms. The summed E-state index contributed by atoms with van der Waals surface area (Å²) in [5.74, 6) is 0. The Kier molecular flexibility index (Phi) is 5.37. The van der Waals surface area contributed by atoms with Crippen molar-refractivity contribution in [1.82, 2.24) is 4.98 Å². The smallest absolute Gasteiger partial charge is 0.110 e. The van der Waals surface area contributed by atoms with Crippen LogP contribution in [-0.2, 0) is 0 Å². The van der Waals surface area contributed by atoms with Crippen LogP contribution in [0.4, 0.5) is 0 Å². The number of halogens is 2. The number of aromatic nitrogens is 1. The summed E-state index contributed by atoms with van der Waals surface area (Å²) in [6.45, 7) is 1.96. The summed E-state index contributed by atoms with van der Waals surface area (Å²) in [5.41, 5.74) is 6.78. The average molecular weight is 251 g/mol. The van der Waals surface area contributed by atoms with Crippen LogP contribution >= 0.6 is 36.2 Å². The molecule has 1 aromatic carbocycles. The third-order valence-corrected chi connectivity index (χ3v) is 2.94. The Bertz CT molecular complexity index is 367. The van der Waals surface area contributed by atoms with Crippen LogP contribution in [-0.4, -0.2) is 4.98 Å². The van der Waals surface area contributed by atoms with Gasteiger partial charge in [0.25, 0.3) is 0 Å². The van der Waals surface area contributed by atoms with E-state index in [0.717, 1.165) is 10.5 Å². The van der Waals surface area contributed by atoms with Crippen LogP contribution in [0.5, 0.6) is 0 Å². The van der Waals surface area contributed by atoms with Gasteiger partial charge in [0.2, 0.25) is 0 Å². The van der Waals surface area contributed by atoms with Crippen molar-refractivity contribution in [2.75, 3.05) is 0 Å². The van der Waals surface area contributed by atoms with Gasteiger partial charge in [0.1, 0.15) is 5.01 Å². The van der Waals surface area contributed by atoms with Crippen molar-refractivity contribution in [3.63, 3.8) is 0 Å². The second-order valence-corrected chi connectivity index (χ2v) is 3.87. The van der Waals surface area contributed by atoms with Gasteiger partial charge in [-0.05, 0) is 19.1 Å². The van der Waals surface area contributed by atoms with Crippen LogP contribution in [0.2, 0.25) is 0 Å². The molecule has 14 heavy (non-hydrogen) atoms. The summed E-state index contributed by atoms with van der Waals surface area (Å²) in [5, 5.41) is 1.01. The van der Waals surface area contributed by atoms with Gasteiger partial charge >= 0.3 is 0 Å². The third-order valence-electron chi connectivity index (χ3n) is 1.70. The molecule has 1 heterocycles. The Labute approximate surface area is 99.3 Å². The molecule has 0 spiro atoms. The highest BCUT2D eigenvalue weighted by atomic mass is 35.5. The fourth-order valence-electron chi connectivity index (χ4n) is 1.08. The molecule has 0 aliphatic carbocycles. The van der Waals surface area contributed by atoms with Gasteiger partial charge in [-0.25, -0.2) is 4.98 Å². The maximum absolute atomic E-state index is 5.73. The predicted octanol–water partition coefficient (Wildman–Crippen LogP) is 3.16. The van der Waals surface area contributed by atoms with Gasteiger partial charge in [0.15, 0.2) is 0 Å². The van der Waals surface area contributed by atoms with Crippen molar-refractivity contribution in [3.8, 4) is 0 Å². The number of para-hydroxylation sites is 1. The number of nitrogens with two attached hydrogens (primary N) is 1. The lowest BCUT2D eigenvalue weighted by molar-refractivity contribution is 0.810. The van der Waals surface area contributed by atoms with Crippen molar-refractivity contribution >= 4 is 46.4 Å². The molecule has 1 unspecified atom stereocenters. The standard InChI is InChI=1S/C9H10N2S.2ClH/c1-6(10)9-11-7-4-2-3-5-8(7)12-9;;/h2-6H,10H2,1H3;2*1H. The summed E-state index contributed by atoms with van der Waals surface area (Å²) in [6, 6.07) is 8.14. The van der Waals surface area contributed by atoms with Crippen LogP contribution in [0.1, 0.15) is 18.0 Å². The Balaban J connectivity index is 0.000000845. The van der Waals surface area contributed by atoms with E-state index >= 15 is 0 Å². The molecule has 0 amide bonds.